The molecule has 3 N–H and O–H groups in total. The van der Waals surface area contributed by atoms with E-state index in [1.54, 1.807) is 0 Å². The zero-order valence-corrected chi connectivity index (χ0v) is 16.6. The molecule has 3 aromatic heterocycles. The van der Waals surface area contributed by atoms with Gasteiger partial charge in [-0.2, -0.15) is 9.78 Å². The molecule has 0 bridgehead atoms. The summed E-state index contributed by atoms with van der Waals surface area (Å²) in [6, 6.07) is 9.28. The average molecular weight is 439 g/mol. The van der Waals surface area contributed by atoms with Crippen molar-refractivity contribution in [1.29, 1.82) is 0 Å². The fourth-order valence-electron chi connectivity index (χ4n) is 2.65. The number of aromatic nitrogens is 5. The van der Waals surface area contributed by atoms with E-state index in [9.17, 15) is 14.9 Å². The van der Waals surface area contributed by atoms with Gasteiger partial charge in [-0.25, -0.2) is 10.1 Å². The predicted molar refractivity (Wildman–Crippen MR) is 110 cm³/mol. The predicted octanol–water partition coefficient (Wildman–Crippen LogP) is 1.94. The number of nitrogens with zero attached hydrogens (tertiary/aromatic N) is 7. The number of nitrogens with two attached hydrogens (primary N) is 1. The largest absolute Gasteiger partial charge is 0.378 e. The maximum atomic E-state index is 12.7. The lowest BCUT2D eigenvalue weighted by Crippen LogP contribution is -2.19. The van der Waals surface area contributed by atoms with Gasteiger partial charge in [0.05, 0.1) is 11.1 Å². The maximum absolute atomic E-state index is 12.7. The Morgan fingerprint density at radius 3 is 2.68 bits per heavy atom. The van der Waals surface area contributed by atoms with Crippen LogP contribution < -0.4 is 11.2 Å². The van der Waals surface area contributed by atoms with Crippen LogP contribution in [0.15, 0.2) is 46.1 Å². The van der Waals surface area contributed by atoms with E-state index in [2.05, 4.69) is 35.8 Å². The number of anilines is 1. The monoisotopic (exact) mass is 439 g/mol. The van der Waals surface area contributed by atoms with Gasteiger partial charge in [0.15, 0.2) is 5.69 Å². The molecule has 0 aliphatic heterocycles. The zero-order valence-electron chi connectivity index (χ0n) is 15.8. The van der Waals surface area contributed by atoms with Gasteiger partial charge in [0, 0.05) is 27.5 Å². The van der Waals surface area contributed by atoms with Crippen molar-refractivity contribution in [1.82, 2.24) is 30.7 Å². The first-order chi connectivity index (χ1) is 14.9. The van der Waals surface area contributed by atoms with Crippen LogP contribution in [-0.4, -0.2) is 42.4 Å². The topological polar surface area (TPSA) is 180 Å². The number of carbonyl (C=O) groups excluding carboxylic acids is 1. The SMILES string of the molecule is Cc1ccc(/C=N/NC(=O)c2nnn(-c3nonc3N)c2-c2ccc([N+](=O)[O-])cc2)s1. The molecular formula is C17H13N9O4S. The van der Waals surface area contributed by atoms with E-state index < -0.39 is 10.8 Å². The minimum atomic E-state index is -0.654. The molecule has 31 heavy (non-hydrogen) atoms. The van der Waals surface area contributed by atoms with Gasteiger partial charge in [0.1, 0.15) is 5.69 Å². The summed E-state index contributed by atoms with van der Waals surface area (Å²) in [6.45, 7) is 1.96. The number of non-ortho nitro benzene ring substituents is 1. The van der Waals surface area contributed by atoms with Crippen molar-refractivity contribution in [2.45, 2.75) is 6.92 Å². The van der Waals surface area contributed by atoms with Crippen molar-refractivity contribution in [3.8, 4) is 17.1 Å². The maximum Gasteiger partial charge on any atom is 0.294 e. The molecule has 4 aromatic rings. The third kappa shape index (κ3) is 3.99. The van der Waals surface area contributed by atoms with Crippen LogP contribution in [0.2, 0.25) is 0 Å². The van der Waals surface area contributed by atoms with Gasteiger partial charge in [-0.3, -0.25) is 14.9 Å². The summed E-state index contributed by atoms with van der Waals surface area (Å²) < 4.78 is 5.76. The molecule has 0 aliphatic rings. The highest BCUT2D eigenvalue weighted by Gasteiger charge is 2.25. The number of nitro benzene ring substituents is 1. The third-order valence-corrected chi connectivity index (χ3v) is 4.99. The smallest absolute Gasteiger partial charge is 0.294 e. The highest BCUT2D eigenvalue weighted by atomic mass is 32.1. The summed E-state index contributed by atoms with van der Waals surface area (Å²) in [5.74, 6) is -0.720. The second kappa shape index (κ2) is 8.11. The quantitative estimate of drug-likeness (QED) is 0.258. The average Bonchev–Trinajstić information content (AvgIpc) is 3.47. The van der Waals surface area contributed by atoms with Gasteiger partial charge in [0.2, 0.25) is 11.6 Å². The van der Waals surface area contributed by atoms with Crippen LogP contribution in [0.4, 0.5) is 11.5 Å². The van der Waals surface area contributed by atoms with E-state index in [1.165, 1.54) is 41.8 Å². The van der Waals surface area contributed by atoms with Crippen molar-refractivity contribution in [3.05, 3.63) is 62.0 Å². The number of hydrazone groups is 1. The second-order valence-electron chi connectivity index (χ2n) is 6.12. The fraction of sp³-hybridized carbons (Fsp3) is 0.0588. The highest BCUT2D eigenvalue weighted by Crippen LogP contribution is 2.28. The van der Waals surface area contributed by atoms with Gasteiger partial charge in [-0.15, -0.1) is 16.4 Å². The van der Waals surface area contributed by atoms with E-state index in [1.807, 2.05) is 19.1 Å². The van der Waals surface area contributed by atoms with Crippen LogP contribution in [0, 0.1) is 17.0 Å². The number of thiophene rings is 1. The normalized spacial score (nSPS) is 11.1. The minimum absolute atomic E-state index is 0.0115. The summed E-state index contributed by atoms with van der Waals surface area (Å²) in [7, 11) is 0. The molecule has 1 amide bonds. The van der Waals surface area contributed by atoms with E-state index >= 15 is 0 Å². The Morgan fingerprint density at radius 2 is 2.06 bits per heavy atom. The van der Waals surface area contributed by atoms with E-state index in [-0.39, 0.29) is 28.7 Å². The Hall–Kier alpha value is -4.46. The summed E-state index contributed by atoms with van der Waals surface area (Å²) in [4.78, 5) is 25.1. The van der Waals surface area contributed by atoms with Crippen LogP contribution in [0.1, 0.15) is 20.2 Å². The molecule has 14 heteroatoms. The molecule has 156 valence electrons. The molecule has 0 aliphatic carbocycles. The first-order valence-corrected chi connectivity index (χ1v) is 9.44. The number of nitrogen functional groups attached to an aromatic ring is 1. The third-order valence-electron chi connectivity index (χ3n) is 4.05. The van der Waals surface area contributed by atoms with Crippen molar-refractivity contribution in [2.24, 2.45) is 5.10 Å². The standard InChI is InChI=1S/C17H13N9O4S/c1-9-2-7-12(31-9)8-19-21-17(27)13-14(10-3-5-11(6-4-10)26(28)29)25(24-20-13)16-15(18)22-30-23-16/h2-8H,1H3,(H2,18,22)(H,21,27)/b19-8+. The van der Waals surface area contributed by atoms with Crippen LogP contribution in [-0.2, 0) is 0 Å². The number of rotatable bonds is 6. The Kier molecular flexibility index (Phi) is 5.19. The number of aryl methyl sites for hydroxylation is 1. The lowest BCUT2D eigenvalue weighted by Gasteiger charge is -2.05. The number of benzene rings is 1. The summed E-state index contributed by atoms with van der Waals surface area (Å²) in [5, 5.41) is 29.9. The summed E-state index contributed by atoms with van der Waals surface area (Å²) in [5.41, 5.74) is 8.50. The van der Waals surface area contributed by atoms with Gasteiger partial charge >= 0.3 is 0 Å². The van der Waals surface area contributed by atoms with Crippen molar-refractivity contribution < 1.29 is 14.3 Å². The Labute approximate surface area is 177 Å². The van der Waals surface area contributed by atoms with Crippen molar-refractivity contribution >= 4 is 35.0 Å². The fourth-order valence-corrected chi connectivity index (χ4v) is 3.40. The number of hydrogen-bond donors (Lipinski definition) is 2. The van der Waals surface area contributed by atoms with Gasteiger partial charge < -0.3 is 5.73 Å². The molecule has 4 rings (SSSR count). The molecular weight excluding hydrogens is 426 g/mol. The van der Waals surface area contributed by atoms with Gasteiger partial charge in [-0.05, 0) is 41.5 Å². The van der Waals surface area contributed by atoms with Crippen LogP contribution >= 0.6 is 11.3 Å². The Bertz CT molecular complexity index is 1290. The summed E-state index contributed by atoms with van der Waals surface area (Å²) >= 11 is 1.52. The molecule has 1 aromatic carbocycles. The molecule has 0 saturated heterocycles. The first-order valence-electron chi connectivity index (χ1n) is 8.63. The number of hydrogen-bond acceptors (Lipinski definition) is 11. The van der Waals surface area contributed by atoms with Crippen molar-refractivity contribution in [3.63, 3.8) is 0 Å². The molecule has 0 fully saturated rings. The second-order valence-corrected chi connectivity index (χ2v) is 7.44. The number of nitrogens with one attached hydrogen (secondary N) is 1. The van der Waals surface area contributed by atoms with E-state index in [0.717, 1.165) is 14.4 Å². The number of nitro groups is 1. The molecule has 0 spiro atoms. The highest BCUT2D eigenvalue weighted by molar-refractivity contribution is 7.13. The lowest BCUT2D eigenvalue weighted by molar-refractivity contribution is -0.384. The number of amides is 1. The van der Waals surface area contributed by atoms with Gasteiger partial charge in [-0.1, -0.05) is 5.21 Å². The molecule has 3 heterocycles. The molecule has 13 nitrogen and oxygen atoms in total. The van der Waals surface area contributed by atoms with Gasteiger partial charge in [0.25, 0.3) is 11.6 Å². The summed E-state index contributed by atoms with van der Waals surface area (Å²) in [6.07, 6.45) is 1.51. The molecule has 0 atom stereocenters. The van der Waals surface area contributed by atoms with Crippen LogP contribution in [0.3, 0.4) is 0 Å². The van der Waals surface area contributed by atoms with Crippen LogP contribution in [0.25, 0.3) is 17.1 Å². The first kappa shape index (κ1) is 19.8. The number of carbonyl (C=O) groups is 1. The minimum Gasteiger partial charge on any atom is -0.378 e. The molecule has 0 unspecified atom stereocenters. The lowest BCUT2D eigenvalue weighted by atomic mass is 10.1. The van der Waals surface area contributed by atoms with Crippen LogP contribution in [0.5, 0.6) is 0 Å². The zero-order chi connectivity index (χ0) is 22.0. The van der Waals surface area contributed by atoms with E-state index in [0.29, 0.717) is 5.56 Å². The van der Waals surface area contributed by atoms with E-state index in [4.69, 9.17) is 5.73 Å². The van der Waals surface area contributed by atoms with Crippen molar-refractivity contribution in [2.75, 3.05) is 5.73 Å². The molecule has 0 radical (unpaired) electrons. The Morgan fingerprint density at radius 1 is 1.29 bits per heavy atom. The Balaban J connectivity index is 1.71. The molecule has 0 saturated carbocycles.